The molecule has 1 aliphatic rings. The Labute approximate surface area is 136 Å². The zero-order valence-electron chi connectivity index (χ0n) is 12.8. The molecule has 0 aliphatic carbocycles. The number of aliphatic hydroxyl groups excluding tert-OH is 1. The predicted octanol–water partition coefficient (Wildman–Crippen LogP) is 1.86. The van der Waals surface area contributed by atoms with E-state index in [1.807, 2.05) is 12.1 Å². The number of aliphatic hydroxyl groups is 1. The maximum Gasteiger partial charge on any atom is 0.315 e. The summed E-state index contributed by atoms with van der Waals surface area (Å²) >= 11 is 5.86. The van der Waals surface area contributed by atoms with Gasteiger partial charge in [-0.15, -0.1) is 0 Å². The number of rotatable bonds is 5. The molecule has 0 radical (unpaired) electrons. The molecule has 1 fully saturated rings. The lowest BCUT2D eigenvalue weighted by Crippen LogP contribution is -2.54. The molecule has 0 aromatic heterocycles. The van der Waals surface area contributed by atoms with Gasteiger partial charge in [-0.25, -0.2) is 4.79 Å². The second-order valence-corrected chi connectivity index (χ2v) is 6.21. The number of hydrogen-bond donors (Lipinski definition) is 4. The standard InChI is InChI=1S/C16H24ClN3O2/c1-11-15(3-2-8-18-11)20-16(22)19-9-13(10-21)12-4-6-14(17)7-5-12/h4-7,11,13,15,18,21H,2-3,8-10H2,1H3,(H2,19,20,22). The van der Waals surface area contributed by atoms with E-state index in [4.69, 9.17) is 11.6 Å². The molecule has 122 valence electrons. The molecule has 0 saturated carbocycles. The van der Waals surface area contributed by atoms with E-state index in [1.54, 1.807) is 12.1 Å². The van der Waals surface area contributed by atoms with Gasteiger partial charge in [0, 0.05) is 29.6 Å². The van der Waals surface area contributed by atoms with Crippen LogP contribution < -0.4 is 16.0 Å². The molecule has 1 saturated heterocycles. The van der Waals surface area contributed by atoms with E-state index in [9.17, 15) is 9.90 Å². The van der Waals surface area contributed by atoms with E-state index in [2.05, 4.69) is 22.9 Å². The summed E-state index contributed by atoms with van der Waals surface area (Å²) in [5.41, 5.74) is 0.958. The normalized spacial score (nSPS) is 22.9. The van der Waals surface area contributed by atoms with Crippen molar-refractivity contribution in [3.63, 3.8) is 0 Å². The van der Waals surface area contributed by atoms with Gasteiger partial charge in [-0.1, -0.05) is 23.7 Å². The Morgan fingerprint density at radius 1 is 1.45 bits per heavy atom. The highest BCUT2D eigenvalue weighted by atomic mass is 35.5. The van der Waals surface area contributed by atoms with Crippen molar-refractivity contribution in [2.75, 3.05) is 19.7 Å². The quantitative estimate of drug-likeness (QED) is 0.667. The number of amides is 2. The van der Waals surface area contributed by atoms with E-state index in [0.717, 1.165) is 24.9 Å². The topological polar surface area (TPSA) is 73.4 Å². The molecular formula is C16H24ClN3O2. The van der Waals surface area contributed by atoms with Crippen molar-refractivity contribution >= 4 is 17.6 Å². The second-order valence-electron chi connectivity index (χ2n) is 5.78. The van der Waals surface area contributed by atoms with E-state index in [0.29, 0.717) is 11.6 Å². The van der Waals surface area contributed by atoms with Crippen molar-refractivity contribution in [3.8, 4) is 0 Å². The fourth-order valence-electron chi connectivity index (χ4n) is 2.70. The highest BCUT2D eigenvalue weighted by Crippen LogP contribution is 2.17. The monoisotopic (exact) mass is 325 g/mol. The minimum Gasteiger partial charge on any atom is -0.396 e. The van der Waals surface area contributed by atoms with Gasteiger partial charge in [0.25, 0.3) is 0 Å². The van der Waals surface area contributed by atoms with Crippen LogP contribution in [0, 0.1) is 0 Å². The number of piperidine rings is 1. The lowest BCUT2D eigenvalue weighted by atomic mass is 9.99. The zero-order chi connectivity index (χ0) is 15.9. The van der Waals surface area contributed by atoms with E-state index in [1.165, 1.54) is 0 Å². The Hall–Kier alpha value is -1.30. The third-order valence-corrected chi connectivity index (χ3v) is 4.40. The summed E-state index contributed by atoms with van der Waals surface area (Å²) in [4.78, 5) is 12.0. The second kappa shape index (κ2) is 8.36. The summed E-state index contributed by atoms with van der Waals surface area (Å²) in [5.74, 6) is -0.134. The summed E-state index contributed by atoms with van der Waals surface area (Å²) in [6.45, 7) is 3.44. The van der Waals surface area contributed by atoms with Crippen LogP contribution >= 0.6 is 11.6 Å². The molecule has 0 bridgehead atoms. The Kier molecular flexibility index (Phi) is 6.49. The summed E-state index contributed by atoms with van der Waals surface area (Å²) < 4.78 is 0. The van der Waals surface area contributed by atoms with Gasteiger partial charge in [0.15, 0.2) is 0 Å². The molecule has 0 spiro atoms. The first-order valence-corrected chi connectivity index (χ1v) is 8.12. The van der Waals surface area contributed by atoms with Crippen LogP contribution in [0.3, 0.4) is 0 Å². The van der Waals surface area contributed by atoms with Gasteiger partial charge in [-0.2, -0.15) is 0 Å². The molecule has 1 heterocycles. The number of hydrogen-bond acceptors (Lipinski definition) is 3. The van der Waals surface area contributed by atoms with Crippen LogP contribution in [0.5, 0.6) is 0 Å². The third-order valence-electron chi connectivity index (χ3n) is 4.15. The van der Waals surface area contributed by atoms with Crippen LogP contribution in [-0.4, -0.2) is 42.9 Å². The molecule has 1 aliphatic heterocycles. The first-order valence-electron chi connectivity index (χ1n) is 7.74. The minimum atomic E-state index is -0.187. The van der Waals surface area contributed by atoms with Crippen LogP contribution in [0.1, 0.15) is 31.2 Å². The van der Waals surface area contributed by atoms with E-state index < -0.39 is 0 Å². The Morgan fingerprint density at radius 2 is 2.18 bits per heavy atom. The summed E-state index contributed by atoms with van der Waals surface area (Å²) in [6, 6.07) is 7.56. The van der Waals surface area contributed by atoms with Gasteiger partial charge in [0.2, 0.25) is 0 Å². The van der Waals surface area contributed by atoms with Crippen molar-refractivity contribution in [1.82, 2.24) is 16.0 Å². The third kappa shape index (κ3) is 4.87. The number of halogens is 1. The first-order chi connectivity index (χ1) is 10.6. The van der Waals surface area contributed by atoms with Gasteiger partial charge in [-0.3, -0.25) is 0 Å². The number of carbonyl (C=O) groups excluding carboxylic acids is 1. The average molecular weight is 326 g/mol. The largest absolute Gasteiger partial charge is 0.396 e. The SMILES string of the molecule is CC1NCCCC1NC(=O)NCC(CO)c1ccc(Cl)cc1. The first kappa shape index (κ1) is 17.1. The number of urea groups is 1. The molecule has 3 unspecified atom stereocenters. The molecule has 22 heavy (non-hydrogen) atoms. The van der Waals surface area contributed by atoms with Gasteiger partial charge in [0.05, 0.1) is 6.61 Å². The maximum absolute atomic E-state index is 12.0. The van der Waals surface area contributed by atoms with Crippen LogP contribution in [0.4, 0.5) is 4.79 Å². The summed E-state index contributed by atoms with van der Waals surface area (Å²) in [6.07, 6.45) is 2.06. The van der Waals surface area contributed by atoms with Gasteiger partial charge >= 0.3 is 6.03 Å². The van der Waals surface area contributed by atoms with Gasteiger partial charge in [-0.05, 0) is 44.0 Å². The Balaban J connectivity index is 1.82. The average Bonchev–Trinajstić information content (AvgIpc) is 2.52. The van der Waals surface area contributed by atoms with Crippen LogP contribution in [0.2, 0.25) is 5.02 Å². The summed E-state index contributed by atoms with van der Waals surface area (Å²) in [7, 11) is 0. The molecule has 2 amide bonds. The van der Waals surface area contributed by atoms with Crippen LogP contribution in [0.25, 0.3) is 0 Å². The van der Waals surface area contributed by atoms with Gasteiger partial charge < -0.3 is 21.1 Å². The minimum absolute atomic E-state index is 0.0245. The summed E-state index contributed by atoms with van der Waals surface area (Å²) in [5, 5.41) is 19.4. The van der Waals surface area contributed by atoms with Crippen LogP contribution in [0.15, 0.2) is 24.3 Å². The van der Waals surface area contributed by atoms with Crippen molar-refractivity contribution in [2.45, 2.75) is 37.8 Å². The van der Waals surface area contributed by atoms with Crippen LogP contribution in [-0.2, 0) is 0 Å². The molecule has 3 atom stereocenters. The molecular weight excluding hydrogens is 302 g/mol. The number of benzene rings is 1. The highest BCUT2D eigenvalue weighted by Gasteiger charge is 2.22. The van der Waals surface area contributed by atoms with E-state index in [-0.39, 0.29) is 30.6 Å². The molecule has 1 aromatic carbocycles. The fourth-order valence-corrected chi connectivity index (χ4v) is 2.83. The molecule has 1 aromatic rings. The molecule has 4 N–H and O–H groups in total. The number of nitrogens with one attached hydrogen (secondary N) is 3. The van der Waals surface area contributed by atoms with Crippen molar-refractivity contribution in [3.05, 3.63) is 34.9 Å². The maximum atomic E-state index is 12.0. The Morgan fingerprint density at radius 3 is 2.82 bits per heavy atom. The predicted molar refractivity (Wildman–Crippen MR) is 88.3 cm³/mol. The van der Waals surface area contributed by atoms with E-state index >= 15 is 0 Å². The molecule has 2 rings (SSSR count). The van der Waals surface area contributed by atoms with Crippen molar-refractivity contribution < 1.29 is 9.90 Å². The molecule has 5 nitrogen and oxygen atoms in total. The van der Waals surface area contributed by atoms with Crippen molar-refractivity contribution in [1.29, 1.82) is 0 Å². The molecule has 6 heteroatoms. The smallest absolute Gasteiger partial charge is 0.315 e. The number of carbonyl (C=O) groups is 1. The Bertz CT molecular complexity index is 481. The highest BCUT2D eigenvalue weighted by molar-refractivity contribution is 6.30. The zero-order valence-corrected chi connectivity index (χ0v) is 13.6. The lowest BCUT2D eigenvalue weighted by molar-refractivity contribution is 0.223. The van der Waals surface area contributed by atoms with Gasteiger partial charge in [0.1, 0.15) is 0 Å². The van der Waals surface area contributed by atoms with Crippen molar-refractivity contribution in [2.24, 2.45) is 0 Å². The fraction of sp³-hybridized carbons (Fsp3) is 0.562. The lowest BCUT2D eigenvalue weighted by Gasteiger charge is -2.30.